The highest BCUT2D eigenvalue weighted by atomic mass is 32.1. The zero-order valence-electron chi connectivity index (χ0n) is 15.5. The van der Waals surface area contributed by atoms with Gasteiger partial charge in [-0.3, -0.25) is 0 Å². The first-order valence-corrected chi connectivity index (χ1v) is 9.47. The van der Waals surface area contributed by atoms with Crippen LogP contribution in [0.3, 0.4) is 0 Å². The summed E-state index contributed by atoms with van der Waals surface area (Å²) in [4.78, 5) is 0. The maximum Gasteiger partial charge on any atom is 0.231 e. The van der Waals surface area contributed by atoms with Crippen LogP contribution in [-0.2, 0) is 13.2 Å². The van der Waals surface area contributed by atoms with Gasteiger partial charge in [0, 0.05) is 18.3 Å². The molecule has 0 bridgehead atoms. The molecule has 0 aliphatic carbocycles. The van der Waals surface area contributed by atoms with Gasteiger partial charge in [-0.2, -0.15) is 0 Å². The molecule has 0 radical (unpaired) electrons. The Bertz CT molecular complexity index is 994. The summed E-state index contributed by atoms with van der Waals surface area (Å²) in [5, 5.41) is 6.81. The number of ether oxygens (including phenoxy) is 3. The number of hydrogen-bond donors (Lipinski definition) is 2. The van der Waals surface area contributed by atoms with E-state index in [1.807, 2.05) is 42.5 Å². The normalized spacial score (nSPS) is 11.8. The van der Waals surface area contributed by atoms with E-state index in [9.17, 15) is 4.39 Å². The fraction of sp³-hybridized carbons (Fsp3) is 0.136. The van der Waals surface area contributed by atoms with E-state index in [-0.39, 0.29) is 12.6 Å². The van der Waals surface area contributed by atoms with Crippen LogP contribution in [0.2, 0.25) is 0 Å². The van der Waals surface area contributed by atoms with Gasteiger partial charge in [-0.25, -0.2) is 4.39 Å². The van der Waals surface area contributed by atoms with Crippen molar-refractivity contribution in [2.24, 2.45) is 0 Å². The van der Waals surface area contributed by atoms with Crippen molar-refractivity contribution >= 4 is 23.0 Å². The fourth-order valence-corrected chi connectivity index (χ4v) is 2.97. The van der Waals surface area contributed by atoms with Crippen LogP contribution in [0.5, 0.6) is 17.2 Å². The quantitative estimate of drug-likeness (QED) is 0.579. The molecule has 0 saturated carbocycles. The van der Waals surface area contributed by atoms with E-state index in [0.29, 0.717) is 24.0 Å². The Morgan fingerprint density at radius 2 is 1.66 bits per heavy atom. The zero-order chi connectivity index (χ0) is 20.1. The third kappa shape index (κ3) is 5.14. The summed E-state index contributed by atoms with van der Waals surface area (Å²) in [6, 6.07) is 19.6. The molecule has 0 atom stereocenters. The van der Waals surface area contributed by atoms with Crippen LogP contribution < -0.4 is 24.8 Å². The minimum atomic E-state index is -0.253. The van der Waals surface area contributed by atoms with Gasteiger partial charge in [0.1, 0.15) is 18.2 Å². The third-order valence-electron chi connectivity index (χ3n) is 4.33. The molecule has 4 rings (SSSR count). The van der Waals surface area contributed by atoms with Crippen LogP contribution in [0.4, 0.5) is 10.1 Å². The van der Waals surface area contributed by atoms with Crippen LogP contribution in [0.15, 0.2) is 66.7 Å². The predicted octanol–water partition coefficient (Wildman–Crippen LogP) is 4.62. The highest BCUT2D eigenvalue weighted by Crippen LogP contribution is 2.34. The Hall–Kier alpha value is -3.32. The van der Waals surface area contributed by atoms with E-state index in [4.69, 9.17) is 26.4 Å². The Morgan fingerprint density at radius 3 is 2.45 bits per heavy atom. The molecule has 7 heteroatoms. The van der Waals surface area contributed by atoms with E-state index in [2.05, 4.69) is 10.6 Å². The number of thiocarbonyl (C=S) groups is 1. The van der Waals surface area contributed by atoms with Crippen LogP contribution in [0.1, 0.15) is 11.1 Å². The second kappa shape index (κ2) is 8.79. The molecular weight excluding hydrogens is 391 g/mol. The highest BCUT2D eigenvalue weighted by Gasteiger charge is 2.13. The van der Waals surface area contributed by atoms with Gasteiger partial charge in [-0.15, -0.1) is 0 Å². The van der Waals surface area contributed by atoms with Crippen molar-refractivity contribution in [3.05, 3.63) is 83.7 Å². The van der Waals surface area contributed by atoms with Gasteiger partial charge in [0.2, 0.25) is 6.79 Å². The minimum absolute atomic E-state index is 0.241. The molecule has 1 heterocycles. The van der Waals surface area contributed by atoms with Gasteiger partial charge < -0.3 is 24.8 Å². The standard InChI is InChI=1S/C22H19FN2O3S/c23-17-5-1-16(2-6-17)13-26-19-8-3-15(4-9-19)12-24-22(29)25-18-7-10-20-21(11-18)28-14-27-20/h1-11H,12-14H2,(H2,24,25,29). The number of rotatable bonds is 6. The van der Waals surface area contributed by atoms with Crippen molar-refractivity contribution < 1.29 is 18.6 Å². The first-order valence-electron chi connectivity index (χ1n) is 9.06. The summed E-state index contributed by atoms with van der Waals surface area (Å²) in [5.41, 5.74) is 2.81. The summed E-state index contributed by atoms with van der Waals surface area (Å²) in [6.07, 6.45) is 0. The van der Waals surface area contributed by atoms with Crippen molar-refractivity contribution in [1.82, 2.24) is 5.32 Å². The molecule has 0 spiro atoms. The van der Waals surface area contributed by atoms with Gasteiger partial charge >= 0.3 is 0 Å². The summed E-state index contributed by atoms with van der Waals surface area (Å²) < 4.78 is 29.3. The zero-order valence-corrected chi connectivity index (χ0v) is 16.3. The molecular formula is C22H19FN2O3S. The largest absolute Gasteiger partial charge is 0.489 e. The number of nitrogens with one attached hydrogen (secondary N) is 2. The van der Waals surface area contributed by atoms with E-state index in [0.717, 1.165) is 28.3 Å². The Morgan fingerprint density at radius 1 is 0.931 bits per heavy atom. The molecule has 0 amide bonds. The van der Waals surface area contributed by atoms with Crippen LogP contribution in [-0.4, -0.2) is 11.9 Å². The van der Waals surface area contributed by atoms with Crippen LogP contribution >= 0.6 is 12.2 Å². The molecule has 148 valence electrons. The van der Waals surface area contributed by atoms with Gasteiger partial charge in [-0.1, -0.05) is 24.3 Å². The van der Waals surface area contributed by atoms with E-state index < -0.39 is 0 Å². The lowest BCUT2D eigenvalue weighted by molar-refractivity contribution is 0.174. The van der Waals surface area contributed by atoms with Crippen molar-refractivity contribution in [3.8, 4) is 17.2 Å². The molecule has 1 aliphatic rings. The molecule has 0 aromatic heterocycles. The lowest BCUT2D eigenvalue weighted by Gasteiger charge is -2.12. The summed E-state index contributed by atoms with van der Waals surface area (Å²) >= 11 is 5.35. The fourth-order valence-electron chi connectivity index (χ4n) is 2.78. The SMILES string of the molecule is Fc1ccc(COc2ccc(CNC(=S)Nc3ccc4c(c3)OCO4)cc2)cc1. The minimum Gasteiger partial charge on any atom is -0.489 e. The Balaban J connectivity index is 1.24. The third-order valence-corrected chi connectivity index (χ3v) is 4.57. The number of fused-ring (bicyclic) bond motifs is 1. The molecule has 0 unspecified atom stereocenters. The first kappa shape index (κ1) is 19.0. The molecule has 2 N–H and O–H groups in total. The Kier molecular flexibility index (Phi) is 5.76. The topological polar surface area (TPSA) is 51.8 Å². The molecule has 3 aromatic carbocycles. The lowest BCUT2D eigenvalue weighted by atomic mass is 10.2. The van der Waals surface area contributed by atoms with Crippen LogP contribution in [0, 0.1) is 5.82 Å². The number of hydrogen-bond acceptors (Lipinski definition) is 4. The maximum atomic E-state index is 12.9. The van der Waals surface area contributed by atoms with Gasteiger partial charge in [-0.05, 0) is 59.7 Å². The molecule has 0 fully saturated rings. The lowest BCUT2D eigenvalue weighted by Crippen LogP contribution is -2.27. The van der Waals surface area contributed by atoms with Crippen molar-refractivity contribution in [1.29, 1.82) is 0 Å². The van der Waals surface area contributed by atoms with Crippen molar-refractivity contribution in [2.45, 2.75) is 13.2 Å². The molecule has 0 saturated heterocycles. The molecule has 3 aromatic rings. The summed E-state index contributed by atoms with van der Waals surface area (Å²) in [6.45, 7) is 1.21. The van der Waals surface area contributed by atoms with E-state index >= 15 is 0 Å². The van der Waals surface area contributed by atoms with Crippen LogP contribution in [0.25, 0.3) is 0 Å². The monoisotopic (exact) mass is 410 g/mol. The van der Waals surface area contributed by atoms with Crippen molar-refractivity contribution in [3.63, 3.8) is 0 Å². The van der Waals surface area contributed by atoms with E-state index in [1.165, 1.54) is 12.1 Å². The van der Waals surface area contributed by atoms with Gasteiger partial charge in [0.05, 0.1) is 0 Å². The second-order valence-electron chi connectivity index (χ2n) is 6.43. The average Bonchev–Trinajstić information content (AvgIpc) is 3.20. The highest BCUT2D eigenvalue weighted by molar-refractivity contribution is 7.80. The van der Waals surface area contributed by atoms with Gasteiger partial charge in [0.15, 0.2) is 16.6 Å². The smallest absolute Gasteiger partial charge is 0.231 e. The first-order chi connectivity index (χ1) is 14.2. The van der Waals surface area contributed by atoms with E-state index in [1.54, 1.807) is 12.1 Å². The number of halogens is 1. The summed E-state index contributed by atoms with van der Waals surface area (Å²) in [7, 11) is 0. The molecule has 5 nitrogen and oxygen atoms in total. The average molecular weight is 410 g/mol. The maximum absolute atomic E-state index is 12.9. The molecule has 1 aliphatic heterocycles. The predicted molar refractivity (Wildman–Crippen MR) is 113 cm³/mol. The van der Waals surface area contributed by atoms with Crippen molar-refractivity contribution in [2.75, 3.05) is 12.1 Å². The number of anilines is 1. The summed E-state index contributed by atoms with van der Waals surface area (Å²) in [5.74, 6) is 1.93. The van der Waals surface area contributed by atoms with Gasteiger partial charge in [0.25, 0.3) is 0 Å². The number of benzene rings is 3. The molecule has 29 heavy (non-hydrogen) atoms. The second-order valence-corrected chi connectivity index (χ2v) is 6.84. The Labute approximate surface area is 173 Å².